The van der Waals surface area contributed by atoms with Gasteiger partial charge in [0.1, 0.15) is 10.8 Å². The molecule has 10 heteroatoms. The Balaban J connectivity index is 1.55. The molecule has 0 fully saturated rings. The highest BCUT2D eigenvalue weighted by Gasteiger charge is 2.05. The minimum Gasteiger partial charge on any atom is -0.494 e. The van der Waals surface area contributed by atoms with Crippen LogP contribution >= 0.6 is 21.6 Å². The third kappa shape index (κ3) is 14.7. The molecule has 3 N–H and O–H groups in total. The van der Waals surface area contributed by atoms with Crippen LogP contribution in [0.1, 0.15) is 57.4 Å². The summed E-state index contributed by atoms with van der Waals surface area (Å²) in [6, 6.07) is 13.3. The van der Waals surface area contributed by atoms with E-state index in [1.807, 2.05) is 56.4 Å². The van der Waals surface area contributed by atoms with E-state index in [4.69, 9.17) is 4.74 Å². The molecule has 8 nitrogen and oxygen atoms in total. The predicted molar refractivity (Wildman–Crippen MR) is 154 cm³/mol. The minimum absolute atomic E-state index is 0.0774. The van der Waals surface area contributed by atoms with Crippen molar-refractivity contribution in [3.05, 3.63) is 54.2 Å². The average Bonchev–Trinajstić information content (AvgIpc) is 2.92. The second kappa shape index (κ2) is 19.5. The van der Waals surface area contributed by atoms with Gasteiger partial charge in [0.2, 0.25) is 11.8 Å². The Morgan fingerprint density at radius 2 is 1.73 bits per heavy atom. The number of pyridine rings is 1. The first kappa shape index (κ1) is 30.7. The van der Waals surface area contributed by atoms with Gasteiger partial charge in [0.25, 0.3) is 0 Å². The molecule has 37 heavy (non-hydrogen) atoms. The molecule has 1 aromatic carbocycles. The van der Waals surface area contributed by atoms with Crippen molar-refractivity contribution in [3.8, 4) is 5.75 Å². The van der Waals surface area contributed by atoms with Gasteiger partial charge < -0.3 is 15.4 Å². The summed E-state index contributed by atoms with van der Waals surface area (Å²) in [5.74, 6) is 1.37. The number of unbranched alkanes of at least 4 members (excludes halogenated alkanes) is 3. The smallest absolute Gasteiger partial charge is 0.240 e. The third-order valence-electron chi connectivity index (χ3n) is 5.31. The fourth-order valence-corrected chi connectivity index (χ4v) is 5.08. The topological polar surface area (TPSA) is 105 Å². The molecule has 0 saturated carbocycles. The van der Waals surface area contributed by atoms with Crippen LogP contribution in [0.5, 0.6) is 5.75 Å². The highest BCUT2D eigenvalue weighted by atomic mass is 33.1. The minimum atomic E-state index is -0.123. The molecule has 0 aliphatic heterocycles. The number of nitrogens with one attached hydrogen (secondary N) is 3. The molecule has 2 amide bonds. The van der Waals surface area contributed by atoms with Crippen molar-refractivity contribution in [2.45, 2.75) is 56.9 Å². The van der Waals surface area contributed by atoms with Crippen molar-refractivity contribution in [2.75, 3.05) is 32.5 Å². The molecule has 1 heterocycles. The van der Waals surface area contributed by atoms with Crippen LogP contribution in [0.3, 0.4) is 0 Å². The molecule has 0 aliphatic rings. The zero-order valence-corrected chi connectivity index (χ0v) is 23.5. The van der Waals surface area contributed by atoms with E-state index in [0.717, 1.165) is 42.3 Å². The SMILES string of the molecule is CNCCCCCCNC(=O)CCCOc1ccc(C(C)=NNC(=O)CCSSc2ccccn2)cc1. The molecule has 0 radical (unpaired) electrons. The van der Waals surface area contributed by atoms with Crippen molar-refractivity contribution in [1.82, 2.24) is 21.0 Å². The molecule has 0 bridgehead atoms. The Labute approximate surface area is 228 Å². The van der Waals surface area contributed by atoms with Crippen molar-refractivity contribution in [2.24, 2.45) is 5.10 Å². The predicted octanol–water partition coefficient (Wildman–Crippen LogP) is 4.81. The summed E-state index contributed by atoms with van der Waals surface area (Å²) in [5.41, 5.74) is 4.23. The van der Waals surface area contributed by atoms with Gasteiger partial charge in [-0.05, 0) is 92.5 Å². The van der Waals surface area contributed by atoms with Crippen LogP contribution in [-0.2, 0) is 9.59 Å². The fourth-order valence-electron chi connectivity index (χ4n) is 3.21. The Hall–Kier alpha value is -2.56. The molecule has 0 unspecified atom stereocenters. The van der Waals surface area contributed by atoms with E-state index in [2.05, 4.69) is 26.1 Å². The van der Waals surface area contributed by atoms with Gasteiger partial charge in [-0.25, -0.2) is 10.4 Å². The summed E-state index contributed by atoms with van der Waals surface area (Å²) in [7, 11) is 5.11. The summed E-state index contributed by atoms with van der Waals surface area (Å²) < 4.78 is 5.75. The van der Waals surface area contributed by atoms with E-state index >= 15 is 0 Å². The molecule has 2 rings (SSSR count). The van der Waals surface area contributed by atoms with Crippen molar-refractivity contribution in [1.29, 1.82) is 0 Å². The van der Waals surface area contributed by atoms with Gasteiger partial charge in [-0.15, -0.1) is 0 Å². The molecule has 0 saturated heterocycles. The maximum atomic E-state index is 12.1. The number of nitrogens with zero attached hydrogens (tertiary/aromatic N) is 2. The average molecular weight is 546 g/mol. The first-order valence-corrected chi connectivity index (χ1v) is 15.1. The highest BCUT2D eigenvalue weighted by molar-refractivity contribution is 8.76. The number of hydrazone groups is 1. The Morgan fingerprint density at radius 3 is 2.46 bits per heavy atom. The van der Waals surface area contributed by atoms with E-state index < -0.39 is 0 Å². The second-order valence-corrected chi connectivity index (χ2v) is 10.8. The first-order valence-electron chi connectivity index (χ1n) is 12.8. The van der Waals surface area contributed by atoms with Gasteiger partial charge >= 0.3 is 0 Å². The molecular formula is C27H39N5O3S2. The fraction of sp³-hybridized carbons (Fsp3) is 0.481. The van der Waals surface area contributed by atoms with E-state index in [0.29, 0.717) is 37.3 Å². The Morgan fingerprint density at radius 1 is 0.946 bits per heavy atom. The Kier molecular flexibility index (Phi) is 16.2. The van der Waals surface area contributed by atoms with Crippen molar-refractivity contribution in [3.63, 3.8) is 0 Å². The summed E-state index contributed by atoms with van der Waals surface area (Å²) in [4.78, 5) is 28.2. The molecule has 1 aromatic heterocycles. The van der Waals surface area contributed by atoms with Crippen LogP contribution in [0.4, 0.5) is 0 Å². The van der Waals surface area contributed by atoms with E-state index in [1.54, 1.807) is 27.8 Å². The number of ether oxygens (including phenoxy) is 1. The van der Waals surface area contributed by atoms with Crippen LogP contribution in [0.2, 0.25) is 0 Å². The largest absolute Gasteiger partial charge is 0.494 e. The lowest BCUT2D eigenvalue weighted by atomic mass is 10.1. The maximum Gasteiger partial charge on any atom is 0.240 e. The monoisotopic (exact) mass is 545 g/mol. The summed E-state index contributed by atoms with van der Waals surface area (Å²) in [6.07, 6.45) is 7.80. The summed E-state index contributed by atoms with van der Waals surface area (Å²) >= 11 is 0. The van der Waals surface area contributed by atoms with Gasteiger partial charge in [-0.1, -0.05) is 29.7 Å². The van der Waals surface area contributed by atoms with Gasteiger partial charge in [0, 0.05) is 31.3 Å². The second-order valence-electron chi connectivity index (χ2n) is 8.40. The van der Waals surface area contributed by atoms with Gasteiger partial charge in [-0.3, -0.25) is 9.59 Å². The van der Waals surface area contributed by atoms with Crippen LogP contribution in [0, 0.1) is 0 Å². The summed E-state index contributed by atoms with van der Waals surface area (Å²) in [5, 5.41) is 11.2. The molecule has 0 atom stereocenters. The number of hydrogen-bond acceptors (Lipinski definition) is 8. The van der Waals surface area contributed by atoms with Crippen LogP contribution < -0.4 is 20.8 Å². The number of benzene rings is 1. The first-order chi connectivity index (χ1) is 18.1. The van der Waals surface area contributed by atoms with E-state index in [9.17, 15) is 9.59 Å². The quantitative estimate of drug-likeness (QED) is 0.101. The number of amides is 2. The zero-order valence-electron chi connectivity index (χ0n) is 21.8. The van der Waals surface area contributed by atoms with Gasteiger partial charge in [0.05, 0.1) is 12.3 Å². The summed E-state index contributed by atoms with van der Waals surface area (Å²) in [6.45, 7) is 4.12. The molecule has 202 valence electrons. The van der Waals surface area contributed by atoms with Crippen LogP contribution in [-0.4, -0.2) is 55.0 Å². The number of aromatic nitrogens is 1. The number of rotatable bonds is 19. The number of carbonyl (C=O) groups excluding carboxylic acids is 2. The molecule has 0 spiro atoms. The lowest BCUT2D eigenvalue weighted by Gasteiger charge is -2.08. The zero-order chi connectivity index (χ0) is 26.6. The number of carbonyl (C=O) groups is 2. The van der Waals surface area contributed by atoms with Crippen molar-refractivity contribution < 1.29 is 14.3 Å². The lowest BCUT2D eigenvalue weighted by Crippen LogP contribution is -2.24. The van der Waals surface area contributed by atoms with Gasteiger partial charge in [-0.2, -0.15) is 5.10 Å². The Bertz CT molecular complexity index is 943. The number of hydrogen-bond donors (Lipinski definition) is 3. The van der Waals surface area contributed by atoms with Crippen molar-refractivity contribution >= 4 is 39.1 Å². The third-order valence-corrected chi connectivity index (χ3v) is 7.57. The van der Waals surface area contributed by atoms with E-state index in [-0.39, 0.29) is 11.8 Å². The molecule has 0 aliphatic carbocycles. The van der Waals surface area contributed by atoms with E-state index in [1.165, 1.54) is 12.8 Å². The molecular weight excluding hydrogens is 506 g/mol. The molecule has 2 aromatic rings. The van der Waals surface area contributed by atoms with Crippen LogP contribution in [0.25, 0.3) is 0 Å². The lowest BCUT2D eigenvalue weighted by molar-refractivity contribution is -0.121. The highest BCUT2D eigenvalue weighted by Crippen LogP contribution is 2.29. The maximum absolute atomic E-state index is 12.1. The van der Waals surface area contributed by atoms with Crippen LogP contribution in [0.15, 0.2) is 58.8 Å². The van der Waals surface area contributed by atoms with Gasteiger partial charge in [0.15, 0.2) is 0 Å². The standard InChI is InChI=1S/C27H39N5O3S2/c1-22(31-32-26(34)16-21-36-37-27-11-5-8-19-30-27)23-12-14-24(15-13-23)35-20-9-10-25(33)29-18-7-4-3-6-17-28-2/h5,8,11-15,19,28H,3-4,6-7,9-10,16-18,20-21H2,1-2H3,(H,29,33)(H,32,34). The normalized spacial score (nSPS) is 11.2.